The van der Waals surface area contributed by atoms with Crippen LogP contribution in [0.2, 0.25) is 0 Å². The third-order valence-electron chi connectivity index (χ3n) is 3.95. The fraction of sp³-hybridized carbons (Fsp3) is 0.263. The zero-order valence-electron chi connectivity index (χ0n) is 12.8. The number of benzene rings is 2. The maximum absolute atomic E-state index is 3.51. The monoisotopic (exact) mass is 278 g/mol. The van der Waals surface area contributed by atoms with Crippen molar-refractivity contribution in [3.63, 3.8) is 0 Å². The number of hydrogen-bond acceptors (Lipinski definition) is 1. The molecule has 2 heteroatoms. The number of fused-ring (bicyclic) bond motifs is 1. The molecule has 0 saturated carbocycles. The van der Waals surface area contributed by atoms with Gasteiger partial charge in [-0.25, -0.2) is 0 Å². The van der Waals surface area contributed by atoms with Crippen LogP contribution in [0.5, 0.6) is 0 Å². The molecule has 108 valence electrons. The van der Waals surface area contributed by atoms with Gasteiger partial charge in [0.15, 0.2) is 0 Å². The van der Waals surface area contributed by atoms with Crippen LogP contribution in [0.15, 0.2) is 54.7 Å². The van der Waals surface area contributed by atoms with Crippen LogP contribution in [0.4, 0.5) is 5.69 Å². The third kappa shape index (κ3) is 2.94. The van der Waals surface area contributed by atoms with E-state index in [2.05, 4.69) is 78.5 Å². The van der Waals surface area contributed by atoms with Crippen molar-refractivity contribution in [3.05, 3.63) is 65.9 Å². The molecule has 0 unspecified atom stereocenters. The minimum absolute atomic E-state index is 0.936. The topological polar surface area (TPSA) is 17.0 Å². The zero-order valence-corrected chi connectivity index (χ0v) is 12.8. The van der Waals surface area contributed by atoms with Crippen molar-refractivity contribution in [2.24, 2.45) is 0 Å². The highest BCUT2D eigenvalue weighted by Crippen LogP contribution is 2.21. The number of nitrogens with zero attached hydrogens (tertiary/aromatic N) is 1. The predicted octanol–water partition coefficient (Wildman–Crippen LogP) is 4.62. The zero-order chi connectivity index (χ0) is 14.7. The van der Waals surface area contributed by atoms with Gasteiger partial charge in [-0.15, -0.1) is 0 Å². The number of hydrogen-bond donors (Lipinski definition) is 1. The summed E-state index contributed by atoms with van der Waals surface area (Å²) < 4.78 is 2.36. The molecule has 0 spiro atoms. The highest BCUT2D eigenvalue weighted by atomic mass is 15.0. The van der Waals surface area contributed by atoms with Crippen LogP contribution in [0.3, 0.4) is 0 Å². The number of para-hydroxylation sites is 1. The maximum atomic E-state index is 3.51. The third-order valence-corrected chi connectivity index (χ3v) is 3.95. The molecule has 2 aromatic carbocycles. The number of aromatic nitrogens is 1. The smallest absolute Gasteiger partial charge is 0.0513 e. The summed E-state index contributed by atoms with van der Waals surface area (Å²) in [5, 5.41) is 4.84. The molecule has 0 fully saturated rings. The second-order valence-corrected chi connectivity index (χ2v) is 5.51. The largest absolute Gasteiger partial charge is 0.383 e. The Kier molecular flexibility index (Phi) is 3.96. The van der Waals surface area contributed by atoms with Crippen LogP contribution in [-0.4, -0.2) is 11.1 Å². The molecule has 0 bridgehead atoms. The molecule has 3 aromatic rings. The van der Waals surface area contributed by atoms with Crippen molar-refractivity contribution in [1.29, 1.82) is 0 Å². The molecule has 0 aliphatic rings. The summed E-state index contributed by atoms with van der Waals surface area (Å²) in [6.45, 7) is 6.26. The van der Waals surface area contributed by atoms with Gasteiger partial charge in [0.25, 0.3) is 0 Å². The first-order valence-corrected chi connectivity index (χ1v) is 7.65. The van der Waals surface area contributed by atoms with Crippen LogP contribution in [0.1, 0.15) is 18.1 Å². The predicted molar refractivity (Wildman–Crippen MR) is 91.0 cm³/mol. The molecule has 0 aliphatic heterocycles. The van der Waals surface area contributed by atoms with Gasteiger partial charge in [0.2, 0.25) is 0 Å². The van der Waals surface area contributed by atoms with Crippen molar-refractivity contribution in [1.82, 2.24) is 4.57 Å². The summed E-state index contributed by atoms with van der Waals surface area (Å²) in [5.41, 5.74) is 5.29. The Bertz CT molecular complexity index is 740. The summed E-state index contributed by atoms with van der Waals surface area (Å²) in [7, 11) is 0. The van der Waals surface area contributed by atoms with Crippen molar-refractivity contribution in [2.45, 2.75) is 26.8 Å². The van der Waals surface area contributed by atoms with E-state index in [0.717, 1.165) is 19.5 Å². The molecule has 0 aliphatic carbocycles. The quantitative estimate of drug-likeness (QED) is 0.720. The molecule has 1 aromatic heterocycles. The Labute approximate surface area is 126 Å². The van der Waals surface area contributed by atoms with E-state index in [1.165, 1.54) is 27.7 Å². The Morgan fingerprint density at radius 3 is 2.71 bits per heavy atom. The molecule has 3 rings (SSSR count). The summed E-state index contributed by atoms with van der Waals surface area (Å²) in [6, 6.07) is 17.3. The SMILES string of the molecule is CCc1cccc2ccn(CCNc3cccc(C)c3)c12. The molecule has 0 saturated heterocycles. The second kappa shape index (κ2) is 6.04. The van der Waals surface area contributed by atoms with Gasteiger partial charge in [0, 0.05) is 25.0 Å². The van der Waals surface area contributed by atoms with Gasteiger partial charge in [-0.3, -0.25) is 0 Å². The van der Waals surface area contributed by atoms with Gasteiger partial charge in [-0.05, 0) is 48.1 Å². The van der Waals surface area contributed by atoms with E-state index in [1.54, 1.807) is 0 Å². The lowest BCUT2D eigenvalue weighted by Crippen LogP contribution is -2.10. The average molecular weight is 278 g/mol. The van der Waals surface area contributed by atoms with Crippen molar-refractivity contribution in [2.75, 3.05) is 11.9 Å². The van der Waals surface area contributed by atoms with Crippen LogP contribution in [-0.2, 0) is 13.0 Å². The van der Waals surface area contributed by atoms with Gasteiger partial charge < -0.3 is 9.88 Å². The number of anilines is 1. The Hall–Kier alpha value is -2.22. The lowest BCUT2D eigenvalue weighted by Gasteiger charge is -2.11. The van der Waals surface area contributed by atoms with Crippen molar-refractivity contribution >= 4 is 16.6 Å². The Morgan fingerprint density at radius 2 is 1.90 bits per heavy atom. The number of nitrogens with one attached hydrogen (secondary N) is 1. The van der Waals surface area contributed by atoms with E-state index in [1.807, 2.05) is 0 Å². The number of aryl methyl sites for hydroxylation is 2. The first-order chi connectivity index (χ1) is 10.3. The lowest BCUT2D eigenvalue weighted by atomic mass is 10.1. The summed E-state index contributed by atoms with van der Waals surface area (Å²) in [6.07, 6.45) is 3.27. The molecule has 0 amide bonds. The van der Waals surface area contributed by atoms with Crippen molar-refractivity contribution < 1.29 is 0 Å². The molecular formula is C19H22N2. The fourth-order valence-electron chi connectivity index (χ4n) is 2.89. The van der Waals surface area contributed by atoms with E-state index in [0.29, 0.717) is 0 Å². The highest BCUT2D eigenvalue weighted by Gasteiger charge is 2.04. The van der Waals surface area contributed by atoms with E-state index in [4.69, 9.17) is 0 Å². The standard InChI is InChI=1S/C19H22N2/c1-3-16-7-5-8-17-10-12-21(19(16)17)13-11-20-18-9-4-6-15(2)14-18/h4-10,12,14,20H,3,11,13H2,1-2H3. The Morgan fingerprint density at radius 1 is 1.05 bits per heavy atom. The van der Waals surface area contributed by atoms with Gasteiger partial charge >= 0.3 is 0 Å². The van der Waals surface area contributed by atoms with Gasteiger partial charge in [0.1, 0.15) is 0 Å². The van der Waals surface area contributed by atoms with Gasteiger partial charge in [-0.1, -0.05) is 37.3 Å². The first kappa shape index (κ1) is 13.7. The Balaban J connectivity index is 1.74. The van der Waals surface area contributed by atoms with Crippen LogP contribution in [0, 0.1) is 6.92 Å². The molecule has 0 radical (unpaired) electrons. The fourth-order valence-corrected chi connectivity index (χ4v) is 2.89. The summed E-state index contributed by atoms with van der Waals surface area (Å²) >= 11 is 0. The number of rotatable bonds is 5. The van der Waals surface area contributed by atoms with E-state index < -0.39 is 0 Å². The van der Waals surface area contributed by atoms with Crippen LogP contribution in [0.25, 0.3) is 10.9 Å². The first-order valence-electron chi connectivity index (χ1n) is 7.65. The molecular weight excluding hydrogens is 256 g/mol. The van der Waals surface area contributed by atoms with E-state index in [-0.39, 0.29) is 0 Å². The minimum Gasteiger partial charge on any atom is -0.383 e. The van der Waals surface area contributed by atoms with Crippen LogP contribution < -0.4 is 5.32 Å². The van der Waals surface area contributed by atoms with Gasteiger partial charge in [0.05, 0.1) is 5.52 Å². The molecule has 1 heterocycles. The molecule has 0 atom stereocenters. The van der Waals surface area contributed by atoms with Crippen LogP contribution >= 0.6 is 0 Å². The van der Waals surface area contributed by atoms with Gasteiger partial charge in [-0.2, -0.15) is 0 Å². The average Bonchev–Trinajstić information content (AvgIpc) is 2.91. The van der Waals surface area contributed by atoms with E-state index >= 15 is 0 Å². The second-order valence-electron chi connectivity index (χ2n) is 5.51. The summed E-state index contributed by atoms with van der Waals surface area (Å²) in [4.78, 5) is 0. The van der Waals surface area contributed by atoms with Crippen molar-refractivity contribution in [3.8, 4) is 0 Å². The maximum Gasteiger partial charge on any atom is 0.0513 e. The highest BCUT2D eigenvalue weighted by molar-refractivity contribution is 5.83. The molecule has 21 heavy (non-hydrogen) atoms. The molecule has 1 N–H and O–H groups in total. The lowest BCUT2D eigenvalue weighted by molar-refractivity contribution is 0.754. The molecule has 2 nitrogen and oxygen atoms in total. The minimum atomic E-state index is 0.936. The van der Waals surface area contributed by atoms with E-state index in [9.17, 15) is 0 Å². The summed E-state index contributed by atoms with van der Waals surface area (Å²) in [5.74, 6) is 0. The normalized spacial score (nSPS) is 11.0.